The van der Waals surface area contributed by atoms with Crippen molar-refractivity contribution in [2.24, 2.45) is 0 Å². The van der Waals surface area contributed by atoms with Gasteiger partial charge in [-0.1, -0.05) is 0 Å². The molecule has 0 aromatic heterocycles. The van der Waals surface area contributed by atoms with Gasteiger partial charge in [-0.25, -0.2) is 0 Å². The molecule has 0 spiro atoms. The van der Waals surface area contributed by atoms with Crippen molar-refractivity contribution in [3.63, 3.8) is 0 Å². The van der Waals surface area contributed by atoms with Crippen molar-refractivity contribution in [2.45, 2.75) is 0 Å². The number of hydrogen-bond donors (Lipinski definition) is 0. The van der Waals surface area contributed by atoms with Gasteiger partial charge >= 0.3 is 26.6 Å². The van der Waals surface area contributed by atoms with Crippen LogP contribution in [-0.4, -0.2) is 37.5 Å². The Morgan fingerprint density at radius 2 is 1.00 bits per heavy atom. The van der Waals surface area contributed by atoms with E-state index >= 15 is 0 Å². The summed E-state index contributed by atoms with van der Waals surface area (Å²) in [5, 5.41) is 0. The molecule has 0 rings (SSSR count). The molecule has 26 valence electrons. The molecule has 0 aromatic carbocycles. The van der Waals surface area contributed by atoms with Crippen LogP contribution in [-0.2, 0) is 0 Å². The van der Waals surface area contributed by atoms with Gasteiger partial charge in [-0.3, -0.25) is 0 Å². The molecule has 0 aliphatic heterocycles. The summed E-state index contributed by atoms with van der Waals surface area (Å²) in [7, 11) is 0. The Morgan fingerprint density at radius 3 is 1.00 bits per heavy atom. The molecule has 0 amide bonds. The first-order chi connectivity index (χ1) is 1.00. The van der Waals surface area contributed by atoms with E-state index in [0.29, 0.717) is 0 Å². The molecule has 3 heteroatoms. The van der Waals surface area contributed by atoms with E-state index in [1.807, 2.05) is 0 Å². The quantitative estimate of drug-likeness (QED) is 0.374. The maximum atomic E-state index is 3.34. The minimum atomic E-state index is 0. The van der Waals surface area contributed by atoms with E-state index < -0.39 is 0 Å². The predicted molar refractivity (Wildman–Crippen MR) is 20.1 cm³/mol. The molecule has 0 fully saturated rings. The topological polar surface area (TPSA) is 63.0 Å². The fourth-order valence-corrected chi connectivity index (χ4v) is 0. The molecule has 0 aromatic rings. The van der Waals surface area contributed by atoms with Crippen molar-refractivity contribution in [1.29, 1.82) is 0 Å². The summed E-state index contributed by atoms with van der Waals surface area (Å²) in [4.78, 5) is 0. The molecule has 0 saturated heterocycles. The molecular weight excluding hydrogens is 163 g/mol. The van der Waals surface area contributed by atoms with E-state index in [9.17, 15) is 0 Å². The van der Waals surface area contributed by atoms with E-state index in [0.717, 1.165) is 0 Å². The first-order valence-corrected chi connectivity index (χ1v) is 2.37. The summed E-state index contributed by atoms with van der Waals surface area (Å²) >= 11 is 1.30. The molecule has 0 unspecified atom stereocenters. The van der Waals surface area contributed by atoms with Gasteiger partial charge in [-0.05, 0) is 0 Å². The zero-order valence-electron chi connectivity index (χ0n) is 2.21. The van der Waals surface area contributed by atoms with Gasteiger partial charge in [0.25, 0.3) is 0 Å². The third-order valence-corrected chi connectivity index (χ3v) is 0. The second kappa shape index (κ2) is 69.4. The van der Waals surface area contributed by atoms with Crippen molar-refractivity contribution in [3.05, 3.63) is 0 Å². The molecule has 0 aliphatic carbocycles. The Kier molecular flexibility index (Phi) is 406. The summed E-state index contributed by atoms with van der Waals surface area (Å²) in [6.07, 6.45) is 0. The van der Waals surface area contributed by atoms with Crippen molar-refractivity contribution in [1.82, 2.24) is 0 Å². The molecule has 2 radical (unpaired) electrons. The Morgan fingerprint density at radius 1 is 1.00 bits per heavy atom. The molecule has 4 N–H and O–H groups in total. The third kappa shape index (κ3) is 18.9. The van der Waals surface area contributed by atoms with Crippen LogP contribution < -0.4 is 0 Å². The summed E-state index contributed by atoms with van der Waals surface area (Å²) in [6, 6.07) is 0. The van der Waals surface area contributed by atoms with Gasteiger partial charge in [0.2, 0.25) is 0 Å². The molecule has 2 nitrogen and oxygen atoms in total. The number of hydrogen-bond acceptors (Lipinski definition) is 0. The van der Waals surface area contributed by atoms with Crippen LogP contribution >= 0.6 is 0 Å². The Hall–Kier alpha value is 0.589. The van der Waals surface area contributed by atoms with Gasteiger partial charge in [0, 0.05) is 0 Å². The van der Waals surface area contributed by atoms with Gasteiger partial charge in [0.15, 0.2) is 0 Å². The summed E-state index contributed by atoms with van der Waals surface area (Å²) < 4.78 is 3.34. The second-order valence-electron chi connectivity index (χ2n) is 0. The number of rotatable bonds is 0. The van der Waals surface area contributed by atoms with E-state index in [-0.39, 0.29) is 11.0 Å². The molecule has 0 bridgehead atoms. The van der Waals surface area contributed by atoms with Crippen molar-refractivity contribution in [3.8, 4) is 0 Å². The monoisotopic (exact) mass is 170 g/mol. The molecular formula is CH6O2Sn. The van der Waals surface area contributed by atoms with Gasteiger partial charge in [0.05, 0.1) is 0 Å². The zero-order chi connectivity index (χ0) is 2.00. The molecule has 0 saturated carbocycles. The van der Waals surface area contributed by atoms with E-state index in [4.69, 9.17) is 0 Å². The molecule has 0 aliphatic rings. The maximum absolute atomic E-state index is 3.34. The predicted octanol–water partition coefficient (Wildman–Crippen LogP) is -2.06. The van der Waals surface area contributed by atoms with Gasteiger partial charge < -0.3 is 11.0 Å². The summed E-state index contributed by atoms with van der Waals surface area (Å²) in [5.74, 6) is 0. The molecule has 4 heavy (non-hydrogen) atoms. The SMILES string of the molecule is O.O.[CH2]=[Sn]. The first-order valence-electron chi connectivity index (χ1n) is 0.354. The van der Waals surface area contributed by atoms with Crippen LogP contribution in [0, 0.1) is 0 Å². The Labute approximate surface area is 38.0 Å². The summed E-state index contributed by atoms with van der Waals surface area (Å²) in [5.41, 5.74) is 0. The van der Waals surface area contributed by atoms with Gasteiger partial charge in [-0.2, -0.15) is 0 Å². The van der Waals surface area contributed by atoms with E-state index in [1.165, 1.54) is 22.1 Å². The van der Waals surface area contributed by atoms with Crippen molar-refractivity contribution < 1.29 is 11.0 Å². The van der Waals surface area contributed by atoms with Crippen LogP contribution in [0.15, 0.2) is 0 Å². The minimum absolute atomic E-state index is 0. The van der Waals surface area contributed by atoms with Crippen LogP contribution in [0.1, 0.15) is 0 Å². The van der Waals surface area contributed by atoms with E-state index in [2.05, 4.69) is 4.52 Å². The fourth-order valence-electron chi connectivity index (χ4n) is 0. The fraction of sp³-hybridized carbons (Fsp3) is 0. The van der Waals surface area contributed by atoms with Crippen molar-refractivity contribution in [2.75, 3.05) is 0 Å². The Bertz CT molecular complexity index is 6.00. The normalized spacial score (nSPS) is 1.00. The van der Waals surface area contributed by atoms with Crippen LogP contribution in [0.25, 0.3) is 0 Å². The van der Waals surface area contributed by atoms with Crippen LogP contribution in [0.5, 0.6) is 0 Å². The average molecular weight is 169 g/mol. The van der Waals surface area contributed by atoms with Crippen LogP contribution in [0.4, 0.5) is 0 Å². The first kappa shape index (κ1) is 23.4. The van der Waals surface area contributed by atoms with Crippen molar-refractivity contribution >= 4 is 26.6 Å². The standard InChI is InChI=1S/CH2.2H2O.Sn/h3*1H2;. The Balaban J connectivity index is -0.00000000500. The molecule has 0 atom stereocenters. The van der Waals surface area contributed by atoms with E-state index in [1.54, 1.807) is 0 Å². The summed E-state index contributed by atoms with van der Waals surface area (Å²) in [6.45, 7) is 0. The third-order valence-electron chi connectivity index (χ3n) is 0. The second-order valence-corrected chi connectivity index (χ2v) is 0. The van der Waals surface area contributed by atoms with Crippen LogP contribution in [0.2, 0.25) is 0 Å². The van der Waals surface area contributed by atoms with Crippen LogP contribution in [0.3, 0.4) is 0 Å². The van der Waals surface area contributed by atoms with Gasteiger partial charge in [-0.15, -0.1) is 0 Å². The average Bonchev–Trinajstić information content (AvgIpc) is 1.00. The molecule has 0 heterocycles. The van der Waals surface area contributed by atoms with Gasteiger partial charge in [0.1, 0.15) is 0 Å². The zero-order valence-corrected chi connectivity index (χ0v) is 5.06.